The van der Waals surface area contributed by atoms with E-state index in [0.717, 1.165) is 19.3 Å². The summed E-state index contributed by atoms with van der Waals surface area (Å²) in [6.07, 6.45) is 4.16. The maximum absolute atomic E-state index is 12.4. The van der Waals surface area contributed by atoms with E-state index in [1.165, 1.54) is 6.42 Å². The van der Waals surface area contributed by atoms with Crippen molar-refractivity contribution in [2.24, 2.45) is 5.92 Å². The molecule has 3 unspecified atom stereocenters. The summed E-state index contributed by atoms with van der Waals surface area (Å²) in [4.78, 5) is 0. The van der Waals surface area contributed by atoms with Gasteiger partial charge in [-0.1, -0.05) is 0 Å². The van der Waals surface area contributed by atoms with Gasteiger partial charge in [-0.25, -0.2) is 12.7 Å². The molecule has 0 amide bonds. The molecule has 0 spiro atoms. The first-order valence-electron chi connectivity index (χ1n) is 6.95. The average molecular weight is 311 g/mol. The van der Waals surface area contributed by atoms with Gasteiger partial charge in [0, 0.05) is 31.8 Å². The molecule has 3 heterocycles. The Bertz CT molecular complexity index is 398. The van der Waals surface area contributed by atoms with Gasteiger partial charge in [-0.2, -0.15) is 0 Å². The molecule has 0 saturated carbocycles. The summed E-state index contributed by atoms with van der Waals surface area (Å²) in [7, 11) is -3.10. The highest BCUT2D eigenvalue weighted by Crippen LogP contribution is 2.24. The van der Waals surface area contributed by atoms with Crippen molar-refractivity contribution in [2.45, 2.75) is 37.8 Å². The third-order valence-corrected chi connectivity index (χ3v) is 6.36. The Morgan fingerprint density at radius 3 is 2.68 bits per heavy atom. The maximum Gasteiger partial charge on any atom is 0.214 e. The normalized spacial score (nSPS) is 35.9. The lowest BCUT2D eigenvalue weighted by atomic mass is 10.1. The second-order valence-electron chi connectivity index (χ2n) is 5.79. The first-order valence-corrected chi connectivity index (χ1v) is 8.56. The number of sulfonamides is 1. The molecule has 5 nitrogen and oxygen atoms in total. The molecule has 0 aromatic heterocycles. The standard InChI is InChI=1S/C12H22N2O3S.ClH/c15-18(16,9-10-4-6-17-8-10)14-5-3-11-1-2-12(7-14)13-11;/h10-13H,1-9H2;1H. The van der Waals surface area contributed by atoms with Gasteiger partial charge in [0.15, 0.2) is 0 Å². The number of rotatable bonds is 3. The highest BCUT2D eigenvalue weighted by Gasteiger charge is 2.35. The van der Waals surface area contributed by atoms with Gasteiger partial charge in [0.05, 0.1) is 12.4 Å². The number of hydrogen-bond acceptors (Lipinski definition) is 4. The van der Waals surface area contributed by atoms with Crippen LogP contribution in [0.4, 0.5) is 0 Å². The fourth-order valence-corrected chi connectivity index (χ4v) is 5.14. The molecule has 19 heavy (non-hydrogen) atoms. The average Bonchev–Trinajstić information content (AvgIpc) is 2.87. The monoisotopic (exact) mass is 310 g/mol. The van der Waals surface area contributed by atoms with Gasteiger partial charge >= 0.3 is 0 Å². The summed E-state index contributed by atoms with van der Waals surface area (Å²) in [5.74, 6) is 0.466. The zero-order chi connectivity index (χ0) is 12.6. The van der Waals surface area contributed by atoms with Crippen molar-refractivity contribution >= 4 is 22.4 Å². The molecule has 3 saturated heterocycles. The molecule has 0 aromatic rings. The van der Waals surface area contributed by atoms with E-state index in [0.29, 0.717) is 38.4 Å². The van der Waals surface area contributed by atoms with Gasteiger partial charge in [-0.3, -0.25) is 0 Å². The number of nitrogens with one attached hydrogen (secondary N) is 1. The van der Waals surface area contributed by atoms with Crippen LogP contribution in [-0.2, 0) is 14.8 Å². The minimum atomic E-state index is -3.10. The summed E-state index contributed by atoms with van der Waals surface area (Å²) in [5.41, 5.74) is 0. The van der Waals surface area contributed by atoms with Crippen LogP contribution in [0.3, 0.4) is 0 Å². The SMILES string of the molecule is Cl.O=S(=O)(CC1CCOC1)N1CCC2CCC(C1)N2. The highest BCUT2D eigenvalue weighted by atomic mass is 35.5. The van der Waals surface area contributed by atoms with Crippen molar-refractivity contribution in [1.82, 2.24) is 9.62 Å². The van der Waals surface area contributed by atoms with Gasteiger partial charge < -0.3 is 10.1 Å². The minimum Gasteiger partial charge on any atom is -0.381 e. The van der Waals surface area contributed by atoms with Crippen molar-refractivity contribution < 1.29 is 13.2 Å². The molecule has 3 atom stereocenters. The minimum absolute atomic E-state index is 0. The predicted octanol–water partition coefficient (Wildman–Crippen LogP) is 0.601. The second kappa shape index (κ2) is 6.26. The zero-order valence-electron chi connectivity index (χ0n) is 11.1. The first kappa shape index (κ1) is 15.5. The lowest BCUT2D eigenvalue weighted by Gasteiger charge is -2.24. The Kier molecular flexibility index (Phi) is 5.11. The summed E-state index contributed by atoms with van der Waals surface area (Å²) < 4.78 is 31.8. The van der Waals surface area contributed by atoms with E-state index in [1.807, 2.05) is 0 Å². The summed E-state index contributed by atoms with van der Waals surface area (Å²) in [6.45, 7) is 2.67. The maximum atomic E-state index is 12.4. The van der Waals surface area contributed by atoms with Gasteiger partial charge in [0.2, 0.25) is 10.0 Å². The number of ether oxygens (including phenoxy) is 1. The topological polar surface area (TPSA) is 58.6 Å². The van der Waals surface area contributed by atoms with Crippen LogP contribution in [0.5, 0.6) is 0 Å². The van der Waals surface area contributed by atoms with Crippen LogP contribution >= 0.6 is 12.4 Å². The highest BCUT2D eigenvalue weighted by molar-refractivity contribution is 7.89. The van der Waals surface area contributed by atoms with Crippen molar-refractivity contribution in [3.05, 3.63) is 0 Å². The molecule has 7 heteroatoms. The smallest absolute Gasteiger partial charge is 0.214 e. The Labute approximate surface area is 121 Å². The molecular weight excluding hydrogens is 288 g/mol. The van der Waals surface area contributed by atoms with Crippen LogP contribution in [0.25, 0.3) is 0 Å². The third kappa shape index (κ3) is 3.61. The summed E-state index contributed by atoms with van der Waals surface area (Å²) in [6, 6.07) is 0.900. The second-order valence-corrected chi connectivity index (χ2v) is 7.81. The fourth-order valence-electron chi connectivity index (χ4n) is 3.28. The molecule has 3 rings (SSSR count). The zero-order valence-corrected chi connectivity index (χ0v) is 12.7. The Balaban J connectivity index is 0.00000133. The fraction of sp³-hybridized carbons (Fsp3) is 1.00. The van der Waals surface area contributed by atoms with Gasteiger partial charge in [0.25, 0.3) is 0 Å². The number of fused-ring (bicyclic) bond motifs is 2. The summed E-state index contributed by atoms with van der Waals surface area (Å²) in [5, 5.41) is 3.52. The van der Waals surface area contributed by atoms with E-state index in [1.54, 1.807) is 4.31 Å². The number of hydrogen-bond donors (Lipinski definition) is 1. The van der Waals surface area contributed by atoms with Crippen molar-refractivity contribution in [1.29, 1.82) is 0 Å². The third-order valence-electron chi connectivity index (χ3n) is 4.35. The van der Waals surface area contributed by atoms with Crippen LogP contribution in [-0.4, -0.2) is 56.9 Å². The van der Waals surface area contributed by atoms with Crippen LogP contribution < -0.4 is 5.32 Å². The predicted molar refractivity (Wildman–Crippen MR) is 76.1 cm³/mol. The van der Waals surface area contributed by atoms with Crippen molar-refractivity contribution in [2.75, 3.05) is 32.1 Å². The number of halogens is 1. The molecule has 112 valence electrons. The van der Waals surface area contributed by atoms with Crippen LogP contribution in [0.2, 0.25) is 0 Å². The molecule has 0 aliphatic carbocycles. The molecule has 0 aromatic carbocycles. The van der Waals surface area contributed by atoms with Crippen LogP contribution in [0.15, 0.2) is 0 Å². The van der Waals surface area contributed by atoms with E-state index in [4.69, 9.17) is 4.74 Å². The van der Waals surface area contributed by atoms with Crippen LogP contribution in [0.1, 0.15) is 25.7 Å². The number of nitrogens with zero attached hydrogens (tertiary/aromatic N) is 1. The molecule has 3 fully saturated rings. The van der Waals surface area contributed by atoms with E-state index in [9.17, 15) is 8.42 Å². The Hall–Kier alpha value is 0.120. The molecule has 0 radical (unpaired) electrons. The largest absolute Gasteiger partial charge is 0.381 e. The summed E-state index contributed by atoms with van der Waals surface area (Å²) >= 11 is 0. The quantitative estimate of drug-likeness (QED) is 0.829. The van der Waals surface area contributed by atoms with Crippen LogP contribution in [0, 0.1) is 5.92 Å². The van der Waals surface area contributed by atoms with Gasteiger partial charge in [0.1, 0.15) is 0 Å². The van der Waals surface area contributed by atoms with Crippen molar-refractivity contribution in [3.8, 4) is 0 Å². The first-order chi connectivity index (χ1) is 8.63. The van der Waals surface area contributed by atoms with Crippen molar-refractivity contribution in [3.63, 3.8) is 0 Å². The van der Waals surface area contributed by atoms with E-state index in [2.05, 4.69) is 5.32 Å². The molecule has 3 aliphatic heterocycles. The lowest BCUT2D eigenvalue weighted by Crippen LogP contribution is -2.41. The van der Waals surface area contributed by atoms with Gasteiger partial charge in [-0.05, 0) is 31.6 Å². The molecular formula is C12H23ClN2O3S. The Morgan fingerprint density at radius 1 is 1.16 bits per heavy atom. The van der Waals surface area contributed by atoms with E-state index in [-0.39, 0.29) is 24.1 Å². The van der Waals surface area contributed by atoms with E-state index >= 15 is 0 Å². The molecule has 2 bridgehead atoms. The van der Waals surface area contributed by atoms with Gasteiger partial charge in [-0.15, -0.1) is 12.4 Å². The lowest BCUT2D eigenvalue weighted by molar-refractivity contribution is 0.188. The molecule has 3 aliphatic rings. The molecule has 1 N–H and O–H groups in total. The van der Waals surface area contributed by atoms with E-state index < -0.39 is 10.0 Å². The Morgan fingerprint density at radius 2 is 1.95 bits per heavy atom.